The molecule has 2 fully saturated rings. The van der Waals surface area contributed by atoms with Crippen LogP contribution in [-0.2, 0) is 5.60 Å². The van der Waals surface area contributed by atoms with Gasteiger partial charge in [0.25, 0.3) is 5.91 Å². The number of fused-ring (bicyclic) bond motifs is 2. The van der Waals surface area contributed by atoms with Crippen LogP contribution in [0.2, 0.25) is 5.02 Å². The van der Waals surface area contributed by atoms with Crippen molar-refractivity contribution in [3.05, 3.63) is 70.8 Å². The fourth-order valence-corrected chi connectivity index (χ4v) is 4.85. The Labute approximate surface area is 166 Å². The van der Waals surface area contributed by atoms with Crippen molar-refractivity contribution in [2.24, 2.45) is 11.8 Å². The molecule has 0 spiro atoms. The van der Waals surface area contributed by atoms with Crippen LogP contribution in [-0.4, -0.2) is 26.4 Å². The summed E-state index contributed by atoms with van der Waals surface area (Å²) in [5.74, 6) is 0.283. The van der Waals surface area contributed by atoms with E-state index in [-0.39, 0.29) is 23.8 Å². The Kier molecular flexibility index (Phi) is 3.73. The monoisotopic (exact) mass is 392 g/mol. The van der Waals surface area contributed by atoms with Gasteiger partial charge in [0.15, 0.2) is 0 Å². The quantitative estimate of drug-likeness (QED) is 0.717. The molecule has 6 nitrogen and oxygen atoms in total. The Bertz CT molecular complexity index is 1140. The van der Waals surface area contributed by atoms with Crippen molar-refractivity contribution in [3.63, 3.8) is 0 Å². The maximum atomic E-state index is 12.5. The van der Waals surface area contributed by atoms with E-state index in [0.29, 0.717) is 29.0 Å². The Hall–Kier alpha value is -2.88. The molecule has 0 aliphatic heterocycles. The number of halogens is 1. The van der Waals surface area contributed by atoms with Gasteiger partial charge in [-0.1, -0.05) is 17.7 Å². The summed E-state index contributed by atoms with van der Waals surface area (Å²) < 4.78 is 1.82. The highest BCUT2D eigenvalue weighted by molar-refractivity contribution is 6.30. The normalized spacial score (nSPS) is 28.0. The van der Waals surface area contributed by atoms with Crippen molar-refractivity contribution in [2.45, 2.75) is 24.5 Å². The number of carbonyl (C=O) groups excluding carboxylic acids is 1. The molecule has 3 aromatic rings. The number of amides is 1. The lowest BCUT2D eigenvalue weighted by molar-refractivity contribution is 0.0289. The Morgan fingerprint density at radius 1 is 1.36 bits per heavy atom. The van der Waals surface area contributed by atoms with E-state index in [9.17, 15) is 9.90 Å². The predicted octanol–water partition coefficient (Wildman–Crippen LogP) is 2.89. The summed E-state index contributed by atoms with van der Waals surface area (Å²) in [4.78, 5) is 16.6. The smallest absolute Gasteiger partial charge is 0.251 e. The average molecular weight is 393 g/mol. The second-order valence-electron chi connectivity index (χ2n) is 7.72. The molecule has 140 valence electrons. The molecule has 5 rings (SSSR count). The maximum absolute atomic E-state index is 12.5. The zero-order valence-corrected chi connectivity index (χ0v) is 15.6. The molecule has 1 aromatic carbocycles. The molecule has 0 unspecified atom stereocenters. The number of nitrogens with zero attached hydrogens (tertiary/aromatic N) is 3. The van der Waals surface area contributed by atoms with Gasteiger partial charge in [-0.15, -0.1) is 0 Å². The van der Waals surface area contributed by atoms with Crippen LogP contribution in [0.15, 0.2) is 49.1 Å². The predicted molar refractivity (Wildman–Crippen MR) is 103 cm³/mol. The Morgan fingerprint density at radius 3 is 2.89 bits per heavy atom. The molecule has 7 heteroatoms. The average Bonchev–Trinajstić information content (AvgIpc) is 3.06. The third-order valence-corrected chi connectivity index (χ3v) is 6.22. The van der Waals surface area contributed by atoms with Gasteiger partial charge in [0.2, 0.25) is 0 Å². The van der Waals surface area contributed by atoms with Crippen LogP contribution < -0.4 is 5.32 Å². The first kappa shape index (κ1) is 17.2. The third kappa shape index (κ3) is 2.67. The molecule has 2 heterocycles. The van der Waals surface area contributed by atoms with Gasteiger partial charge in [-0.05, 0) is 48.9 Å². The number of imidazole rings is 1. The SMILES string of the molecule is N#Cc1cccc(C(=O)N[C@@H]2[C@@H]3C[C@@](O)(c4cc(Cl)cn5cncc45)C[C@@H]32)c1. The van der Waals surface area contributed by atoms with Crippen molar-refractivity contribution in [3.8, 4) is 6.07 Å². The van der Waals surface area contributed by atoms with Crippen LogP contribution in [0.3, 0.4) is 0 Å². The fraction of sp³-hybridized carbons (Fsp3) is 0.286. The standard InChI is InChI=1S/C21H17ClN4O2/c22-14-5-17(18-9-24-11-26(18)10-14)21(28)6-15-16(7-21)19(15)25-20(27)13-3-1-2-12(4-13)8-23/h1-5,9-11,15-16,19,28H,6-7H2,(H,25,27)/t15-,16+,19-,21+. The van der Waals surface area contributed by atoms with Gasteiger partial charge in [-0.3, -0.25) is 4.79 Å². The number of hydrogen-bond acceptors (Lipinski definition) is 4. The lowest BCUT2D eigenvalue weighted by Gasteiger charge is -2.27. The molecule has 2 aromatic heterocycles. The number of rotatable bonds is 3. The summed E-state index contributed by atoms with van der Waals surface area (Å²) in [6.07, 6.45) is 6.31. The first-order valence-electron chi connectivity index (χ1n) is 9.14. The van der Waals surface area contributed by atoms with Crippen LogP contribution in [0.1, 0.15) is 34.3 Å². The summed E-state index contributed by atoms with van der Waals surface area (Å²) in [6.45, 7) is 0. The summed E-state index contributed by atoms with van der Waals surface area (Å²) in [7, 11) is 0. The number of benzene rings is 1. The van der Waals surface area contributed by atoms with Gasteiger partial charge in [0.05, 0.1) is 40.3 Å². The zero-order valence-electron chi connectivity index (χ0n) is 14.8. The minimum Gasteiger partial charge on any atom is -0.385 e. The lowest BCUT2D eigenvalue weighted by atomic mass is 9.88. The van der Waals surface area contributed by atoms with Gasteiger partial charge < -0.3 is 14.8 Å². The van der Waals surface area contributed by atoms with Crippen LogP contribution in [0.25, 0.3) is 5.52 Å². The number of hydrogen-bond donors (Lipinski definition) is 2. The Balaban J connectivity index is 1.32. The van der Waals surface area contributed by atoms with Crippen molar-refractivity contribution in [1.82, 2.24) is 14.7 Å². The molecule has 2 N–H and O–H groups in total. The molecule has 0 saturated heterocycles. The van der Waals surface area contributed by atoms with E-state index >= 15 is 0 Å². The van der Waals surface area contributed by atoms with E-state index in [1.54, 1.807) is 43.0 Å². The fourth-order valence-electron chi connectivity index (χ4n) is 4.63. The molecule has 1 amide bonds. The van der Waals surface area contributed by atoms with Crippen LogP contribution in [0.4, 0.5) is 0 Å². The summed E-state index contributed by atoms with van der Waals surface area (Å²) in [6, 6.07) is 10.6. The van der Waals surface area contributed by atoms with E-state index in [4.69, 9.17) is 16.9 Å². The van der Waals surface area contributed by atoms with E-state index in [0.717, 1.165) is 11.1 Å². The molecule has 2 aliphatic rings. The molecule has 2 aliphatic carbocycles. The maximum Gasteiger partial charge on any atom is 0.251 e. The second-order valence-corrected chi connectivity index (χ2v) is 8.15. The van der Waals surface area contributed by atoms with Gasteiger partial charge >= 0.3 is 0 Å². The van der Waals surface area contributed by atoms with Crippen molar-refractivity contribution in [1.29, 1.82) is 5.26 Å². The molecule has 0 bridgehead atoms. The van der Waals surface area contributed by atoms with Crippen LogP contribution in [0, 0.1) is 23.2 Å². The van der Waals surface area contributed by atoms with E-state index in [2.05, 4.69) is 10.3 Å². The zero-order chi connectivity index (χ0) is 19.5. The highest BCUT2D eigenvalue weighted by atomic mass is 35.5. The minimum absolute atomic E-state index is 0.0543. The topological polar surface area (TPSA) is 90.4 Å². The van der Waals surface area contributed by atoms with Gasteiger partial charge in [-0.25, -0.2) is 4.98 Å². The highest BCUT2D eigenvalue weighted by Crippen LogP contribution is 2.60. The first-order valence-corrected chi connectivity index (χ1v) is 9.51. The van der Waals surface area contributed by atoms with Crippen LogP contribution in [0.5, 0.6) is 0 Å². The van der Waals surface area contributed by atoms with Crippen molar-refractivity contribution < 1.29 is 9.90 Å². The Morgan fingerprint density at radius 2 is 2.14 bits per heavy atom. The van der Waals surface area contributed by atoms with Crippen molar-refractivity contribution in [2.75, 3.05) is 0 Å². The second kappa shape index (κ2) is 6.06. The number of aliphatic hydroxyl groups is 1. The molecule has 0 radical (unpaired) electrons. The summed E-state index contributed by atoms with van der Waals surface area (Å²) in [5, 5.41) is 23.9. The number of nitrogens with one attached hydrogen (secondary N) is 1. The van der Waals surface area contributed by atoms with Gasteiger partial charge in [-0.2, -0.15) is 5.26 Å². The third-order valence-electron chi connectivity index (χ3n) is 6.02. The largest absolute Gasteiger partial charge is 0.385 e. The number of nitriles is 1. The minimum atomic E-state index is -0.969. The molecule has 2 saturated carbocycles. The highest BCUT2D eigenvalue weighted by Gasteiger charge is 2.62. The number of aromatic nitrogens is 2. The van der Waals surface area contributed by atoms with Crippen molar-refractivity contribution >= 4 is 23.0 Å². The van der Waals surface area contributed by atoms with Gasteiger partial charge in [0, 0.05) is 23.4 Å². The molecule has 4 atom stereocenters. The first-order chi connectivity index (χ1) is 13.5. The summed E-state index contributed by atoms with van der Waals surface area (Å²) >= 11 is 6.22. The van der Waals surface area contributed by atoms with E-state index in [1.165, 1.54) is 0 Å². The van der Waals surface area contributed by atoms with Crippen LogP contribution >= 0.6 is 11.6 Å². The number of pyridine rings is 1. The summed E-state index contributed by atoms with van der Waals surface area (Å²) in [5.41, 5.74) is 1.61. The number of carbonyl (C=O) groups is 1. The van der Waals surface area contributed by atoms with Gasteiger partial charge in [0.1, 0.15) is 0 Å². The lowest BCUT2D eigenvalue weighted by Crippen LogP contribution is -2.33. The molecular formula is C21H17ClN4O2. The van der Waals surface area contributed by atoms with E-state index < -0.39 is 5.60 Å². The molecule has 28 heavy (non-hydrogen) atoms. The van der Waals surface area contributed by atoms with E-state index in [1.807, 2.05) is 16.5 Å². The molecular weight excluding hydrogens is 376 g/mol.